The maximum atomic E-state index is 14.3. The standard InChI is InChI=1S/C23H25FN4OS/c1-16(2)13-28-22(19-9-5-6-10-20(19)24)25-26-23(28)30-15-21(29)27-12-11-17-7-3-4-8-18(17)14-27/h3-10,16H,11-15H2,1-2H3. The average molecular weight is 425 g/mol. The van der Waals surface area contributed by atoms with Gasteiger partial charge in [0.2, 0.25) is 5.91 Å². The molecule has 156 valence electrons. The van der Waals surface area contributed by atoms with Crippen LogP contribution in [0.5, 0.6) is 0 Å². The predicted molar refractivity (Wildman–Crippen MR) is 117 cm³/mol. The van der Waals surface area contributed by atoms with E-state index < -0.39 is 0 Å². The first-order valence-electron chi connectivity index (χ1n) is 10.2. The van der Waals surface area contributed by atoms with Gasteiger partial charge in [0.1, 0.15) is 5.82 Å². The van der Waals surface area contributed by atoms with Gasteiger partial charge in [0.15, 0.2) is 11.0 Å². The molecule has 1 aromatic heterocycles. The molecule has 5 nitrogen and oxygen atoms in total. The number of nitrogens with zero attached hydrogens (tertiary/aromatic N) is 4. The van der Waals surface area contributed by atoms with Crippen molar-refractivity contribution in [2.24, 2.45) is 5.92 Å². The van der Waals surface area contributed by atoms with E-state index in [-0.39, 0.29) is 17.5 Å². The Morgan fingerprint density at radius 1 is 1.10 bits per heavy atom. The number of aromatic nitrogens is 3. The fourth-order valence-electron chi connectivity index (χ4n) is 3.69. The number of carbonyl (C=O) groups excluding carboxylic acids is 1. The van der Waals surface area contributed by atoms with Crippen LogP contribution in [0.4, 0.5) is 4.39 Å². The fraction of sp³-hybridized carbons (Fsp3) is 0.348. The van der Waals surface area contributed by atoms with Crippen LogP contribution in [0.15, 0.2) is 53.7 Å². The molecule has 1 aliphatic heterocycles. The van der Waals surface area contributed by atoms with Crippen LogP contribution < -0.4 is 0 Å². The van der Waals surface area contributed by atoms with Crippen LogP contribution in [0, 0.1) is 11.7 Å². The first-order valence-corrected chi connectivity index (χ1v) is 11.2. The lowest BCUT2D eigenvalue weighted by Gasteiger charge is -2.28. The molecule has 2 heterocycles. The summed E-state index contributed by atoms with van der Waals surface area (Å²) in [5.74, 6) is 0.884. The van der Waals surface area contributed by atoms with Crippen LogP contribution in [-0.2, 0) is 24.3 Å². The van der Waals surface area contributed by atoms with Crippen molar-refractivity contribution in [3.05, 3.63) is 65.5 Å². The molecule has 0 atom stereocenters. The molecule has 0 N–H and O–H groups in total. The quantitative estimate of drug-likeness (QED) is 0.550. The molecule has 0 radical (unpaired) electrons. The SMILES string of the molecule is CC(C)Cn1c(SCC(=O)N2CCc3ccccc3C2)nnc1-c1ccccc1F. The zero-order valence-electron chi connectivity index (χ0n) is 17.2. The van der Waals surface area contributed by atoms with Crippen molar-refractivity contribution in [2.75, 3.05) is 12.3 Å². The maximum absolute atomic E-state index is 14.3. The summed E-state index contributed by atoms with van der Waals surface area (Å²) >= 11 is 1.37. The highest BCUT2D eigenvalue weighted by Crippen LogP contribution is 2.27. The minimum atomic E-state index is -0.325. The number of rotatable bonds is 6. The van der Waals surface area contributed by atoms with Crippen molar-refractivity contribution in [1.29, 1.82) is 0 Å². The van der Waals surface area contributed by atoms with Gasteiger partial charge in [0.25, 0.3) is 0 Å². The summed E-state index contributed by atoms with van der Waals surface area (Å²) in [6.07, 6.45) is 0.882. The molecular weight excluding hydrogens is 399 g/mol. The molecule has 0 bridgehead atoms. The van der Waals surface area contributed by atoms with Gasteiger partial charge in [-0.05, 0) is 35.6 Å². The molecule has 0 fully saturated rings. The molecule has 30 heavy (non-hydrogen) atoms. The van der Waals surface area contributed by atoms with Crippen LogP contribution in [0.3, 0.4) is 0 Å². The molecule has 0 unspecified atom stereocenters. The van der Waals surface area contributed by atoms with E-state index in [2.05, 4.69) is 36.2 Å². The number of carbonyl (C=O) groups is 1. The van der Waals surface area contributed by atoms with Crippen molar-refractivity contribution >= 4 is 17.7 Å². The number of halogens is 1. The van der Waals surface area contributed by atoms with E-state index in [0.29, 0.717) is 35.6 Å². The summed E-state index contributed by atoms with van der Waals surface area (Å²) < 4.78 is 16.3. The van der Waals surface area contributed by atoms with Crippen LogP contribution in [0.1, 0.15) is 25.0 Å². The molecule has 0 aliphatic carbocycles. The molecule has 0 spiro atoms. The fourth-order valence-corrected chi connectivity index (χ4v) is 4.54. The van der Waals surface area contributed by atoms with Gasteiger partial charge in [-0.1, -0.05) is 62.0 Å². The molecule has 1 aliphatic rings. The number of amides is 1. The zero-order chi connectivity index (χ0) is 21.1. The molecule has 3 aromatic rings. The molecule has 7 heteroatoms. The Bertz CT molecular complexity index is 1050. The molecule has 4 rings (SSSR count). The highest BCUT2D eigenvalue weighted by molar-refractivity contribution is 7.99. The Balaban J connectivity index is 1.49. The van der Waals surface area contributed by atoms with Crippen LogP contribution in [0.25, 0.3) is 11.4 Å². The first kappa shape index (κ1) is 20.6. The Morgan fingerprint density at radius 3 is 2.60 bits per heavy atom. The number of hydrogen-bond acceptors (Lipinski definition) is 4. The average Bonchev–Trinajstić information content (AvgIpc) is 3.13. The molecular formula is C23H25FN4OS. The van der Waals surface area contributed by atoms with E-state index in [0.717, 1.165) is 13.0 Å². The third-order valence-corrected chi connectivity index (χ3v) is 6.14. The second-order valence-corrected chi connectivity index (χ2v) is 8.86. The topological polar surface area (TPSA) is 51.0 Å². The van der Waals surface area contributed by atoms with Crippen molar-refractivity contribution in [3.63, 3.8) is 0 Å². The Kier molecular flexibility index (Phi) is 6.18. The second-order valence-electron chi connectivity index (χ2n) is 7.91. The van der Waals surface area contributed by atoms with Crippen molar-refractivity contribution in [2.45, 2.75) is 38.5 Å². The van der Waals surface area contributed by atoms with Crippen molar-refractivity contribution in [3.8, 4) is 11.4 Å². The van der Waals surface area contributed by atoms with E-state index >= 15 is 0 Å². The largest absolute Gasteiger partial charge is 0.337 e. The van der Waals surface area contributed by atoms with Gasteiger partial charge in [-0.15, -0.1) is 10.2 Å². The van der Waals surface area contributed by atoms with Gasteiger partial charge in [0, 0.05) is 19.6 Å². The summed E-state index contributed by atoms with van der Waals surface area (Å²) in [5, 5.41) is 9.17. The minimum Gasteiger partial charge on any atom is -0.337 e. The second kappa shape index (κ2) is 9.00. The lowest BCUT2D eigenvalue weighted by Crippen LogP contribution is -2.37. The normalized spacial score (nSPS) is 13.5. The minimum absolute atomic E-state index is 0.0843. The first-order chi connectivity index (χ1) is 14.5. The molecule has 2 aromatic carbocycles. The highest BCUT2D eigenvalue weighted by Gasteiger charge is 2.23. The number of hydrogen-bond donors (Lipinski definition) is 0. The smallest absolute Gasteiger partial charge is 0.233 e. The van der Waals surface area contributed by atoms with Crippen LogP contribution >= 0.6 is 11.8 Å². The van der Waals surface area contributed by atoms with Crippen LogP contribution in [0.2, 0.25) is 0 Å². The maximum Gasteiger partial charge on any atom is 0.233 e. The number of fused-ring (bicyclic) bond motifs is 1. The number of thioether (sulfide) groups is 1. The van der Waals surface area contributed by atoms with Crippen molar-refractivity contribution < 1.29 is 9.18 Å². The summed E-state index contributed by atoms with van der Waals surface area (Å²) in [6.45, 7) is 6.22. The van der Waals surface area contributed by atoms with Gasteiger partial charge in [-0.25, -0.2) is 4.39 Å². The van der Waals surface area contributed by atoms with Crippen LogP contribution in [-0.4, -0.2) is 37.9 Å². The lowest BCUT2D eigenvalue weighted by molar-refractivity contribution is -0.129. The Hall–Kier alpha value is -2.67. The summed E-state index contributed by atoms with van der Waals surface area (Å²) in [5.41, 5.74) is 2.96. The van der Waals surface area contributed by atoms with E-state index in [1.165, 1.54) is 29.0 Å². The van der Waals surface area contributed by atoms with Gasteiger partial charge in [-0.2, -0.15) is 0 Å². The highest BCUT2D eigenvalue weighted by atomic mass is 32.2. The van der Waals surface area contributed by atoms with E-state index in [1.807, 2.05) is 21.6 Å². The van der Waals surface area contributed by atoms with Gasteiger partial charge in [0.05, 0.1) is 11.3 Å². The number of benzene rings is 2. The third-order valence-electron chi connectivity index (χ3n) is 5.19. The predicted octanol–water partition coefficient (Wildman–Crippen LogP) is 4.42. The Morgan fingerprint density at radius 2 is 1.83 bits per heavy atom. The third kappa shape index (κ3) is 4.41. The summed E-state index contributed by atoms with van der Waals surface area (Å²) in [6, 6.07) is 14.9. The molecule has 0 saturated heterocycles. The molecule has 1 amide bonds. The zero-order valence-corrected chi connectivity index (χ0v) is 18.0. The molecule has 0 saturated carbocycles. The van der Waals surface area contributed by atoms with Gasteiger partial charge in [-0.3, -0.25) is 4.79 Å². The van der Waals surface area contributed by atoms with Gasteiger partial charge < -0.3 is 9.47 Å². The Labute approximate surface area is 180 Å². The van der Waals surface area contributed by atoms with E-state index in [1.54, 1.807) is 18.2 Å². The lowest BCUT2D eigenvalue weighted by atomic mass is 10.00. The monoisotopic (exact) mass is 424 g/mol. The summed E-state index contributed by atoms with van der Waals surface area (Å²) in [7, 11) is 0. The van der Waals surface area contributed by atoms with E-state index in [4.69, 9.17) is 0 Å². The van der Waals surface area contributed by atoms with Crippen molar-refractivity contribution in [1.82, 2.24) is 19.7 Å². The van der Waals surface area contributed by atoms with E-state index in [9.17, 15) is 9.18 Å². The van der Waals surface area contributed by atoms with Gasteiger partial charge >= 0.3 is 0 Å². The summed E-state index contributed by atoms with van der Waals surface area (Å²) in [4.78, 5) is 14.7.